The quantitative estimate of drug-likeness (QED) is 0.859. The Morgan fingerprint density at radius 3 is 2.77 bits per heavy atom. The van der Waals surface area contributed by atoms with Crippen molar-refractivity contribution in [1.29, 1.82) is 0 Å². The third-order valence-electron chi connectivity index (χ3n) is 3.21. The number of carboxylic acid groups (broad SMARTS) is 1. The number of carbonyl (C=O) groups is 2. The van der Waals surface area contributed by atoms with Crippen LogP contribution in [0.3, 0.4) is 0 Å². The standard InChI is InChI=1S/C16H19N3O3/c1-11(2)19-10-13(9-17-19)16(22)18-14-5-3-4-12(8-14)6-7-15(20)21/h3-5,8-11H,6-7H2,1-2H3,(H,18,22)(H,20,21). The van der Waals surface area contributed by atoms with Crippen LogP contribution in [0.2, 0.25) is 0 Å². The number of carboxylic acids is 1. The van der Waals surface area contributed by atoms with Gasteiger partial charge < -0.3 is 10.4 Å². The van der Waals surface area contributed by atoms with Crippen LogP contribution in [0.5, 0.6) is 0 Å². The van der Waals surface area contributed by atoms with Gasteiger partial charge in [0.15, 0.2) is 0 Å². The summed E-state index contributed by atoms with van der Waals surface area (Å²) in [6.45, 7) is 3.97. The largest absolute Gasteiger partial charge is 0.481 e. The monoisotopic (exact) mass is 301 g/mol. The van der Waals surface area contributed by atoms with Gasteiger partial charge in [0.05, 0.1) is 11.8 Å². The summed E-state index contributed by atoms with van der Waals surface area (Å²) in [4.78, 5) is 22.8. The Balaban J connectivity index is 2.04. The molecule has 0 saturated carbocycles. The van der Waals surface area contributed by atoms with E-state index in [-0.39, 0.29) is 18.4 Å². The van der Waals surface area contributed by atoms with E-state index in [2.05, 4.69) is 10.4 Å². The maximum atomic E-state index is 12.2. The molecule has 0 atom stereocenters. The van der Waals surface area contributed by atoms with Crippen LogP contribution in [-0.4, -0.2) is 26.8 Å². The summed E-state index contributed by atoms with van der Waals surface area (Å²) in [6.07, 6.45) is 3.74. The second kappa shape index (κ2) is 6.89. The number of benzene rings is 1. The average molecular weight is 301 g/mol. The highest BCUT2D eigenvalue weighted by molar-refractivity contribution is 6.03. The first-order valence-electron chi connectivity index (χ1n) is 7.12. The Bertz CT molecular complexity index is 677. The van der Waals surface area contributed by atoms with Gasteiger partial charge in [0, 0.05) is 24.3 Å². The summed E-state index contributed by atoms with van der Waals surface area (Å²) in [5.74, 6) is -1.07. The summed E-state index contributed by atoms with van der Waals surface area (Å²) in [7, 11) is 0. The van der Waals surface area contributed by atoms with Crippen LogP contribution >= 0.6 is 0 Å². The van der Waals surface area contributed by atoms with Gasteiger partial charge in [0.1, 0.15) is 0 Å². The van der Waals surface area contributed by atoms with Crippen LogP contribution in [0.25, 0.3) is 0 Å². The molecule has 0 unspecified atom stereocenters. The summed E-state index contributed by atoms with van der Waals surface area (Å²) in [6, 6.07) is 7.39. The van der Waals surface area contributed by atoms with Gasteiger partial charge in [-0.05, 0) is 38.0 Å². The second-order valence-corrected chi connectivity index (χ2v) is 5.35. The third kappa shape index (κ3) is 4.18. The molecule has 0 bridgehead atoms. The summed E-state index contributed by atoms with van der Waals surface area (Å²) >= 11 is 0. The van der Waals surface area contributed by atoms with Crippen molar-refractivity contribution in [3.8, 4) is 0 Å². The number of aromatic nitrogens is 2. The van der Waals surface area contributed by atoms with Crippen LogP contribution < -0.4 is 5.32 Å². The Labute approximate surface area is 128 Å². The fourth-order valence-electron chi connectivity index (χ4n) is 2.00. The van der Waals surface area contributed by atoms with E-state index in [1.807, 2.05) is 19.9 Å². The number of amides is 1. The van der Waals surface area contributed by atoms with Crippen LogP contribution in [0.15, 0.2) is 36.7 Å². The molecule has 1 heterocycles. The highest BCUT2D eigenvalue weighted by atomic mass is 16.4. The zero-order valence-electron chi connectivity index (χ0n) is 12.6. The lowest BCUT2D eigenvalue weighted by atomic mass is 10.1. The molecule has 0 aliphatic rings. The first-order chi connectivity index (χ1) is 10.5. The van der Waals surface area contributed by atoms with Gasteiger partial charge in [-0.25, -0.2) is 0 Å². The fourth-order valence-corrected chi connectivity index (χ4v) is 2.00. The zero-order chi connectivity index (χ0) is 16.1. The number of anilines is 1. The first-order valence-corrected chi connectivity index (χ1v) is 7.12. The highest BCUT2D eigenvalue weighted by Crippen LogP contribution is 2.14. The molecule has 0 aliphatic carbocycles. The molecule has 116 valence electrons. The molecule has 0 fully saturated rings. The lowest BCUT2D eigenvalue weighted by Crippen LogP contribution is -2.11. The van der Waals surface area contributed by atoms with Crippen molar-refractivity contribution in [2.75, 3.05) is 5.32 Å². The van der Waals surface area contributed by atoms with E-state index in [0.29, 0.717) is 17.7 Å². The van der Waals surface area contributed by atoms with E-state index < -0.39 is 5.97 Å². The highest BCUT2D eigenvalue weighted by Gasteiger charge is 2.10. The van der Waals surface area contributed by atoms with Crippen LogP contribution in [-0.2, 0) is 11.2 Å². The van der Waals surface area contributed by atoms with E-state index >= 15 is 0 Å². The van der Waals surface area contributed by atoms with Crippen LogP contribution in [0.4, 0.5) is 5.69 Å². The lowest BCUT2D eigenvalue weighted by molar-refractivity contribution is -0.136. The topological polar surface area (TPSA) is 84.2 Å². The molecule has 22 heavy (non-hydrogen) atoms. The Hall–Kier alpha value is -2.63. The molecule has 1 aromatic carbocycles. The van der Waals surface area contributed by atoms with E-state index in [1.54, 1.807) is 29.1 Å². The maximum Gasteiger partial charge on any atom is 0.303 e. The minimum Gasteiger partial charge on any atom is -0.481 e. The third-order valence-corrected chi connectivity index (χ3v) is 3.21. The SMILES string of the molecule is CC(C)n1cc(C(=O)Nc2cccc(CCC(=O)O)c2)cn1. The van der Waals surface area contributed by atoms with Crippen LogP contribution in [0, 0.1) is 0 Å². The van der Waals surface area contributed by atoms with Gasteiger partial charge in [-0.2, -0.15) is 5.10 Å². The molecule has 1 amide bonds. The number of aliphatic carboxylic acids is 1. The maximum absolute atomic E-state index is 12.2. The number of nitrogens with zero attached hydrogens (tertiary/aromatic N) is 2. The molecule has 2 rings (SSSR count). The van der Waals surface area contributed by atoms with E-state index in [1.165, 1.54) is 6.20 Å². The Kier molecular flexibility index (Phi) is 4.93. The summed E-state index contributed by atoms with van der Waals surface area (Å²) in [5.41, 5.74) is 2.01. The number of aryl methyl sites for hydroxylation is 1. The zero-order valence-corrected chi connectivity index (χ0v) is 12.6. The first kappa shape index (κ1) is 15.8. The van der Waals surface area contributed by atoms with Crippen molar-refractivity contribution in [2.24, 2.45) is 0 Å². The molecule has 0 spiro atoms. The Morgan fingerprint density at radius 2 is 2.14 bits per heavy atom. The number of hydrogen-bond donors (Lipinski definition) is 2. The molecular formula is C16H19N3O3. The molecule has 0 radical (unpaired) electrons. The predicted octanol–water partition coefficient (Wildman–Crippen LogP) is 2.73. The van der Waals surface area contributed by atoms with Gasteiger partial charge in [-0.15, -0.1) is 0 Å². The molecule has 2 aromatic rings. The Morgan fingerprint density at radius 1 is 1.36 bits per heavy atom. The van der Waals surface area contributed by atoms with Gasteiger partial charge in [0.2, 0.25) is 0 Å². The lowest BCUT2D eigenvalue weighted by Gasteiger charge is -2.06. The minimum atomic E-state index is -0.837. The average Bonchev–Trinajstić information content (AvgIpc) is 2.95. The van der Waals surface area contributed by atoms with E-state index in [9.17, 15) is 9.59 Å². The molecule has 6 heteroatoms. The van der Waals surface area contributed by atoms with Crippen molar-refractivity contribution in [1.82, 2.24) is 9.78 Å². The summed E-state index contributed by atoms with van der Waals surface area (Å²) in [5, 5.41) is 15.6. The number of carbonyl (C=O) groups excluding carboxylic acids is 1. The van der Waals surface area contributed by atoms with Gasteiger partial charge in [0.25, 0.3) is 5.91 Å². The number of nitrogens with one attached hydrogen (secondary N) is 1. The normalized spacial score (nSPS) is 10.7. The van der Waals surface area contributed by atoms with Crippen molar-refractivity contribution in [2.45, 2.75) is 32.7 Å². The molecule has 1 aromatic heterocycles. The van der Waals surface area contributed by atoms with Crippen molar-refractivity contribution in [3.63, 3.8) is 0 Å². The van der Waals surface area contributed by atoms with Crippen LogP contribution in [0.1, 0.15) is 42.2 Å². The van der Waals surface area contributed by atoms with Gasteiger partial charge >= 0.3 is 5.97 Å². The fraction of sp³-hybridized carbons (Fsp3) is 0.312. The van der Waals surface area contributed by atoms with Crippen molar-refractivity contribution >= 4 is 17.6 Å². The smallest absolute Gasteiger partial charge is 0.303 e. The number of rotatable bonds is 6. The minimum absolute atomic E-state index is 0.0680. The number of hydrogen-bond acceptors (Lipinski definition) is 3. The van der Waals surface area contributed by atoms with E-state index in [4.69, 9.17) is 5.11 Å². The summed E-state index contributed by atoms with van der Waals surface area (Å²) < 4.78 is 1.72. The van der Waals surface area contributed by atoms with Crippen molar-refractivity contribution < 1.29 is 14.7 Å². The predicted molar refractivity (Wildman–Crippen MR) is 83.0 cm³/mol. The van der Waals surface area contributed by atoms with E-state index in [0.717, 1.165) is 5.56 Å². The molecule has 0 aliphatic heterocycles. The van der Waals surface area contributed by atoms with Gasteiger partial charge in [-0.1, -0.05) is 12.1 Å². The van der Waals surface area contributed by atoms with Gasteiger partial charge in [-0.3, -0.25) is 14.3 Å². The van der Waals surface area contributed by atoms with Crippen molar-refractivity contribution in [3.05, 3.63) is 47.8 Å². The molecular weight excluding hydrogens is 282 g/mol. The molecule has 0 saturated heterocycles. The second-order valence-electron chi connectivity index (χ2n) is 5.35. The molecule has 2 N–H and O–H groups in total. The molecule has 6 nitrogen and oxygen atoms in total.